The van der Waals surface area contributed by atoms with Gasteiger partial charge in [-0.25, -0.2) is 0 Å². The lowest BCUT2D eigenvalue weighted by Gasteiger charge is -2.55. The largest absolute Gasteiger partial charge is 0.417 e. The van der Waals surface area contributed by atoms with Crippen LogP contribution >= 0.6 is 0 Å². The van der Waals surface area contributed by atoms with Crippen LogP contribution in [0.15, 0.2) is 17.1 Å². The lowest BCUT2D eigenvalue weighted by atomic mass is 9.49. The molecule has 1 heterocycles. The summed E-state index contributed by atoms with van der Waals surface area (Å²) in [6.45, 7) is 0. The summed E-state index contributed by atoms with van der Waals surface area (Å²) in [6.07, 6.45) is 1.93. The van der Waals surface area contributed by atoms with Gasteiger partial charge in [0, 0.05) is 6.20 Å². The first-order chi connectivity index (χ1) is 11.2. The fourth-order valence-corrected chi connectivity index (χ4v) is 5.38. The predicted octanol–water partition coefficient (Wildman–Crippen LogP) is 3.55. The quantitative estimate of drug-likeness (QED) is 0.865. The van der Waals surface area contributed by atoms with Crippen LogP contribution in [-0.2, 0) is 11.0 Å². The fraction of sp³-hybridized carbons (Fsp3) is 0.647. The maximum atomic E-state index is 12.8. The third-order valence-corrected chi connectivity index (χ3v) is 6.00. The van der Waals surface area contributed by atoms with Crippen molar-refractivity contribution in [2.45, 2.75) is 44.7 Å². The van der Waals surface area contributed by atoms with E-state index in [-0.39, 0.29) is 11.6 Å². The van der Waals surface area contributed by atoms with Gasteiger partial charge in [0.1, 0.15) is 5.69 Å². The van der Waals surface area contributed by atoms with Crippen molar-refractivity contribution in [2.75, 3.05) is 5.32 Å². The molecule has 0 saturated heterocycles. The molecule has 0 unspecified atom stereocenters. The number of amides is 1. The van der Waals surface area contributed by atoms with Crippen LogP contribution in [-0.4, -0.2) is 10.9 Å². The second-order valence-electron chi connectivity index (χ2n) is 7.78. The molecule has 4 aliphatic rings. The third-order valence-electron chi connectivity index (χ3n) is 6.00. The molecular formula is C17H19F3N2O2. The minimum absolute atomic E-state index is 0.286. The average Bonchev–Trinajstić information content (AvgIpc) is 2.46. The maximum Gasteiger partial charge on any atom is 0.417 e. The summed E-state index contributed by atoms with van der Waals surface area (Å²) in [4.78, 5) is 26.7. The van der Waals surface area contributed by atoms with E-state index >= 15 is 0 Å². The molecule has 0 spiro atoms. The first-order valence-electron chi connectivity index (χ1n) is 8.36. The van der Waals surface area contributed by atoms with Gasteiger partial charge < -0.3 is 10.3 Å². The van der Waals surface area contributed by atoms with Gasteiger partial charge in [-0.3, -0.25) is 9.59 Å². The molecule has 1 amide bonds. The van der Waals surface area contributed by atoms with E-state index in [1.807, 2.05) is 0 Å². The van der Waals surface area contributed by atoms with E-state index in [9.17, 15) is 22.8 Å². The highest BCUT2D eigenvalue weighted by Crippen LogP contribution is 2.60. The van der Waals surface area contributed by atoms with Crippen LogP contribution in [0.2, 0.25) is 0 Å². The highest BCUT2D eigenvalue weighted by Gasteiger charge is 2.54. The van der Waals surface area contributed by atoms with Crippen molar-refractivity contribution in [3.63, 3.8) is 0 Å². The number of carbonyl (C=O) groups excluding carboxylic acids is 1. The zero-order valence-electron chi connectivity index (χ0n) is 13.1. The van der Waals surface area contributed by atoms with Crippen molar-refractivity contribution >= 4 is 11.6 Å². The first-order valence-corrected chi connectivity index (χ1v) is 8.36. The number of aromatic nitrogens is 1. The highest BCUT2D eigenvalue weighted by molar-refractivity contribution is 5.95. The molecule has 5 rings (SSSR count). The summed E-state index contributed by atoms with van der Waals surface area (Å²) in [5.74, 6) is 1.34. The monoisotopic (exact) mass is 340 g/mol. The highest BCUT2D eigenvalue weighted by atomic mass is 19.4. The standard InChI is InChI=1S/C17H19F3N2O2/c18-17(19,20)12-4-13(14(23)21-8-12)22-15(24)16-5-9-1-10(6-16)3-11(2-9)7-16/h4,8-11H,1-3,5-7H2,(H,21,23)(H,22,24). The molecule has 2 N–H and O–H groups in total. The van der Waals surface area contributed by atoms with Crippen LogP contribution in [0.4, 0.5) is 18.9 Å². The molecule has 130 valence electrons. The van der Waals surface area contributed by atoms with Gasteiger partial charge in [-0.05, 0) is 62.3 Å². The predicted molar refractivity (Wildman–Crippen MR) is 81.3 cm³/mol. The number of rotatable bonds is 2. The minimum atomic E-state index is -4.57. The summed E-state index contributed by atoms with van der Waals surface area (Å²) in [5, 5.41) is 2.50. The van der Waals surface area contributed by atoms with Crippen LogP contribution in [0.25, 0.3) is 0 Å². The Balaban J connectivity index is 1.60. The summed E-state index contributed by atoms with van der Waals surface area (Å²) in [6, 6.07) is 0.719. The van der Waals surface area contributed by atoms with Gasteiger partial charge in [0.2, 0.25) is 5.91 Å². The molecule has 1 aromatic heterocycles. The number of hydrogen-bond acceptors (Lipinski definition) is 2. The number of hydrogen-bond donors (Lipinski definition) is 2. The smallest absolute Gasteiger partial charge is 0.327 e. The van der Waals surface area contributed by atoms with Gasteiger partial charge in [-0.15, -0.1) is 0 Å². The van der Waals surface area contributed by atoms with Gasteiger partial charge in [0.15, 0.2) is 0 Å². The number of anilines is 1. The van der Waals surface area contributed by atoms with Crippen molar-refractivity contribution in [2.24, 2.45) is 23.2 Å². The Morgan fingerprint density at radius 1 is 1.12 bits per heavy atom. The molecule has 0 atom stereocenters. The van der Waals surface area contributed by atoms with E-state index < -0.39 is 22.7 Å². The Morgan fingerprint density at radius 3 is 2.17 bits per heavy atom. The molecule has 0 aromatic carbocycles. The van der Waals surface area contributed by atoms with E-state index in [1.165, 1.54) is 0 Å². The van der Waals surface area contributed by atoms with Crippen molar-refractivity contribution in [3.05, 3.63) is 28.2 Å². The molecule has 4 saturated carbocycles. The second kappa shape index (κ2) is 5.10. The first kappa shape index (κ1) is 15.7. The van der Waals surface area contributed by atoms with Crippen LogP contribution in [0.3, 0.4) is 0 Å². The van der Waals surface area contributed by atoms with E-state index in [1.54, 1.807) is 0 Å². The summed E-state index contributed by atoms with van der Waals surface area (Å²) in [7, 11) is 0. The zero-order chi connectivity index (χ0) is 17.1. The van der Waals surface area contributed by atoms with Gasteiger partial charge in [-0.2, -0.15) is 13.2 Å². The summed E-state index contributed by atoms with van der Waals surface area (Å²) < 4.78 is 38.4. The molecule has 24 heavy (non-hydrogen) atoms. The Kier molecular flexibility index (Phi) is 3.34. The Labute approximate surface area is 136 Å². The van der Waals surface area contributed by atoms with E-state index in [0.717, 1.165) is 44.6 Å². The molecule has 4 aliphatic carbocycles. The van der Waals surface area contributed by atoms with Crippen molar-refractivity contribution in [1.82, 2.24) is 4.98 Å². The number of halogens is 3. The van der Waals surface area contributed by atoms with E-state index in [0.29, 0.717) is 24.0 Å². The lowest BCUT2D eigenvalue weighted by molar-refractivity contribution is -0.141. The number of H-pyrrole nitrogens is 1. The number of alkyl halides is 3. The number of carbonyl (C=O) groups is 1. The number of nitrogens with one attached hydrogen (secondary N) is 2. The summed E-state index contributed by atoms with van der Waals surface area (Å²) in [5.41, 5.74) is -2.50. The Bertz CT molecular complexity index is 703. The molecule has 4 nitrogen and oxygen atoms in total. The number of pyridine rings is 1. The van der Waals surface area contributed by atoms with E-state index in [2.05, 4.69) is 10.3 Å². The molecule has 1 aromatic rings. The van der Waals surface area contributed by atoms with Crippen LogP contribution < -0.4 is 10.9 Å². The molecular weight excluding hydrogens is 321 g/mol. The molecule has 4 bridgehead atoms. The fourth-order valence-electron chi connectivity index (χ4n) is 5.38. The third kappa shape index (κ3) is 2.54. The lowest BCUT2D eigenvalue weighted by Crippen LogP contribution is -2.52. The topological polar surface area (TPSA) is 62.0 Å². The van der Waals surface area contributed by atoms with Gasteiger partial charge in [0.05, 0.1) is 11.0 Å². The summed E-state index contributed by atoms with van der Waals surface area (Å²) >= 11 is 0. The van der Waals surface area contributed by atoms with Crippen LogP contribution in [0.5, 0.6) is 0 Å². The van der Waals surface area contributed by atoms with E-state index in [4.69, 9.17) is 0 Å². The maximum absolute atomic E-state index is 12.8. The SMILES string of the molecule is O=C(Nc1cc(C(F)(F)F)c[nH]c1=O)C12CC3CC(CC(C3)C1)C2. The Morgan fingerprint density at radius 2 is 1.67 bits per heavy atom. The van der Waals surface area contributed by atoms with Crippen molar-refractivity contribution in [3.8, 4) is 0 Å². The van der Waals surface area contributed by atoms with Gasteiger partial charge >= 0.3 is 6.18 Å². The van der Waals surface area contributed by atoms with Gasteiger partial charge in [0.25, 0.3) is 5.56 Å². The molecule has 0 radical (unpaired) electrons. The molecule has 0 aliphatic heterocycles. The zero-order valence-corrected chi connectivity index (χ0v) is 13.1. The van der Waals surface area contributed by atoms with Crippen molar-refractivity contribution in [1.29, 1.82) is 0 Å². The van der Waals surface area contributed by atoms with Crippen molar-refractivity contribution < 1.29 is 18.0 Å². The van der Waals surface area contributed by atoms with Crippen LogP contribution in [0.1, 0.15) is 44.1 Å². The minimum Gasteiger partial charge on any atom is -0.327 e. The van der Waals surface area contributed by atoms with Crippen LogP contribution in [0, 0.1) is 23.2 Å². The van der Waals surface area contributed by atoms with Gasteiger partial charge in [-0.1, -0.05) is 0 Å². The average molecular weight is 340 g/mol. The molecule has 7 heteroatoms. The normalized spacial score (nSPS) is 34.4. The second-order valence-corrected chi connectivity index (χ2v) is 7.78. The molecule has 4 fully saturated rings. The number of aromatic amines is 1. The Hall–Kier alpha value is -1.79.